The van der Waals surface area contributed by atoms with Gasteiger partial charge in [0, 0.05) is 24.0 Å². The molecule has 9 nitrogen and oxygen atoms in total. The maximum atomic E-state index is 13.5. The van der Waals surface area contributed by atoms with Gasteiger partial charge in [-0.05, 0) is 80.3 Å². The number of methoxy groups -OCH3 is 1. The Bertz CT molecular complexity index is 1590. The van der Waals surface area contributed by atoms with Gasteiger partial charge in [-0.25, -0.2) is 9.59 Å². The molecule has 1 aliphatic rings. The first kappa shape index (κ1) is 29.4. The SMILES string of the molecule is COc1ccc(NC(=O)N(Cc2cccc(OCCn3cccc3C(=O)c3ccc(C)cc3)c2)C2(C(=O)O)CCC2)cc1. The van der Waals surface area contributed by atoms with E-state index in [-0.39, 0.29) is 12.3 Å². The third-order valence-electron chi connectivity index (χ3n) is 7.90. The topological polar surface area (TPSA) is 110 Å². The van der Waals surface area contributed by atoms with E-state index in [2.05, 4.69) is 5.32 Å². The van der Waals surface area contributed by atoms with Crippen LogP contribution >= 0.6 is 0 Å². The highest BCUT2D eigenvalue weighted by atomic mass is 16.5. The number of carboxylic acids is 1. The summed E-state index contributed by atoms with van der Waals surface area (Å²) in [6.07, 6.45) is 3.35. The van der Waals surface area contributed by atoms with Crippen LogP contribution in [-0.4, -0.2) is 51.6 Å². The first-order chi connectivity index (χ1) is 20.8. The third kappa shape index (κ3) is 6.56. The number of aryl methyl sites for hydroxylation is 1. The van der Waals surface area contributed by atoms with E-state index in [1.807, 2.05) is 72.3 Å². The number of aliphatic carboxylic acids is 1. The van der Waals surface area contributed by atoms with Gasteiger partial charge in [-0.1, -0.05) is 42.0 Å². The second-order valence-corrected chi connectivity index (χ2v) is 10.7. The Hall–Kier alpha value is -5.05. The fraction of sp³-hybridized carbons (Fsp3) is 0.265. The number of benzene rings is 3. The zero-order valence-corrected chi connectivity index (χ0v) is 24.3. The van der Waals surface area contributed by atoms with Crippen molar-refractivity contribution in [3.63, 3.8) is 0 Å². The van der Waals surface area contributed by atoms with E-state index in [1.54, 1.807) is 37.4 Å². The molecule has 1 aromatic heterocycles. The molecule has 0 unspecified atom stereocenters. The highest BCUT2D eigenvalue weighted by Crippen LogP contribution is 2.39. The number of carboxylic acid groups (broad SMARTS) is 1. The molecule has 0 bridgehead atoms. The van der Waals surface area contributed by atoms with E-state index in [9.17, 15) is 19.5 Å². The van der Waals surface area contributed by atoms with E-state index in [0.717, 1.165) is 17.5 Å². The molecule has 1 heterocycles. The average Bonchev–Trinajstić information content (AvgIpc) is 3.45. The second-order valence-electron chi connectivity index (χ2n) is 10.7. The normalized spacial score (nSPS) is 13.4. The second kappa shape index (κ2) is 12.9. The van der Waals surface area contributed by atoms with E-state index in [4.69, 9.17) is 9.47 Å². The van der Waals surface area contributed by atoms with Crippen LogP contribution in [0.15, 0.2) is 91.1 Å². The van der Waals surface area contributed by atoms with Crippen molar-refractivity contribution in [2.75, 3.05) is 19.0 Å². The van der Waals surface area contributed by atoms with Gasteiger partial charge in [-0.15, -0.1) is 0 Å². The number of hydrogen-bond acceptors (Lipinski definition) is 5. The summed E-state index contributed by atoms with van der Waals surface area (Å²) in [5, 5.41) is 13.0. The molecule has 0 atom stereocenters. The molecular formula is C34H35N3O6. The number of anilines is 1. The highest BCUT2D eigenvalue weighted by molar-refractivity contribution is 6.08. The van der Waals surface area contributed by atoms with E-state index >= 15 is 0 Å². The van der Waals surface area contributed by atoms with Crippen molar-refractivity contribution in [1.82, 2.24) is 9.47 Å². The molecule has 3 aromatic carbocycles. The van der Waals surface area contributed by atoms with Gasteiger partial charge >= 0.3 is 12.0 Å². The molecule has 43 heavy (non-hydrogen) atoms. The molecule has 2 N–H and O–H groups in total. The van der Waals surface area contributed by atoms with Crippen molar-refractivity contribution in [1.29, 1.82) is 0 Å². The summed E-state index contributed by atoms with van der Waals surface area (Å²) >= 11 is 0. The van der Waals surface area contributed by atoms with Gasteiger partial charge in [0.15, 0.2) is 0 Å². The standard InChI is InChI=1S/C34H35N3O6/c1-24-9-11-26(12-10-24)31(38)30-8-4-19-36(30)20-21-43-29-7-3-6-25(22-29)23-37(34(32(39)40)17-5-18-34)33(41)35-27-13-15-28(42-2)16-14-27/h3-4,6-16,19,22H,5,17-18,20-21,23H2,1-2H3,(H,35,41)(H,39,40). The number of hydrogen-bond donors (Lipinski definition) is 2. The van der Waals surface area contributed by atoms with E-state index in [0.29, 0.717) is 54.4 Å². The van der Waals surface area contributed by atoms with Crippen LogP contribution in [0.25, 0.3) is 0 Å². The molecule has 0 saturated heterocycles. The Kier molecular flexibility index (Phi) is 8.80. The number of urea groups is 1. The summed E-state index contributed by atoms with van der Waals surface area (Å²) in [6.45, 7) is 2.85. The highest BCUT2D eigenvalue weighted by Gasteiger charge is 2.51. The summed E-state index contributed by atoms with van der Waals surface area (Å²) in [4.78, 5) is 40.3. The Morgan fingerprint density at radius 3 is 2.35 bits per heavy atom. The number of aromatic nitrogens is 1. The molecule has 0 aliphatic heterocycles. The fourth-order valence-electron chi connectivity index (χ4n) is 5.24. The van der Waals surface area contributed by atoms with Crippen molar-refractivity contribution in [2.45, 2.75) is 44.8 Å². The molecule has 2 amide bonds. The van der Waals surface area contributed by atoms with Crippen molar-refractivity contribution < 1.29 is 29.0 Å². The van der Waals surface area contributed by atoms with Crippen LogP contribution in [0.3, 0.4) is 0 Å². The van der Waals surface area contributed by atoms with Crippen LogP contribution in [0.5, 0.6) is 11.5 Å². The lowest BCUT2D eigenvalue weighted by atomic mass is 9.75. The lowest BCUT2D eigenvalue weighted by molar-refractivity contribution is -0.155. The van der Waals surface area contributed by atoms with Crippen LogP contribution < -0.4 is 14.8 Å². The molecule has 1 aliphatic carbocycles. The summed E-state index contributed by atoms with van der Waals surface area (Å²) in [6, 6.07) is 24.8. The van der Waals surface area contributed by atoms with Crippen LogP contribution in [-0.2, 0) is 17.9 Å². The Labute approximate surface area is 250 Å². The van der Waals surface area contributed by atoms with Crippen molar-refractivity contribution in [2.24, 2.45) is 0 Å². The number of carbonyl (C=O) groups is 3. The summed E-state index contributed by atoms with van der Waals surface area (Å²) in [5.41, 5.74) is 2.31. The molecular weight excluding hydrogens is 546 g/mol. The minimum Gasteiger partial charge on any atom is -0.497 e. The van der Waals surface area contributed by atoms with Crippen LogP contribution in [0.2, 0.25) is 0 Å². The number of ether oxygens (including phenoxy) is 2. The Morgan fingerprint density at radius 2 is 1.70 bits per heavy atom. The van der Waals surface area contributed by atoms with Crippen molar-refractivity contribution in [3.05, 3.63) is 114 Å². The van der Waals surface area contributed by atoms with Gasteiger partial charge < -0.3 is 29.4 Å². The largest absolute Gasteiger partial charge is 0.497 e. The predicted molar refractivity (Wildman–Crippen MR) is 163 cm³/mol. The molecule has 1 saturated carbocycles. The summed E-state index contributed by atoms with van der Waals surface area (Å²) < 4.78 is 13.1. The van der Waals surface area contributed by atoms with Gasteiger partial charge in [0.25, 0.3) is 0 Å². The molecule has 5 rings (SSSR count). The van der Waals surface area contributed by atoms with Gasteiger partial charge in [-0.3, -0.25) is 4.79 Å². The number of nitrogens with one attached hydrogen (secondary N) is 1. The Morgan fingerprint density at radius 1 is 0.953 bits per heavy atom. The van der Waals surface area contributed by atoms with Gasteiger partial charge in [0.1, 0.15) is 23.6 Å². The fourth-order valence-corrected chi connectivity index (χ4v) is 5.24. The molecule has 1 fully saturated rings. The Balaban J connectivity index is 1.26. The zero-order valence-electron chi connectivity index (χ0n) is 24.3. The number of nitrogens with zero attached hydrogens (tertiary/aromatic N) is 2. The predicted octanol–water partition coefficient (Wildman–Crippen LogP) is 6.16. The maximum absolute atomic E-state index is 13.5. The monoisotopic (exact) mass is 581 g/mol. The third-order valence-corrected chi connectivity index (χ3v) is 7.90. The van der Waals surface area contributed by atoms with Gasteiger partial charge in [-0.2, -0.15) is 0 Å². The van der Waals surface area contributed by atoms with Gasteiger partial charge in [0.05, 0.1) is 19.3 Å². The molecule has 4 aromatic rings. The van der Waals surface area contributed by atoms with Crippen LogP contribution in [0.4, 0.5) is 10.5 Å². The van der Waals surface area contributed by atoms with Gasteiger partial charge in [0.2, 0.25) is 5.78 Å². The molecule has 222 valence electrons. The number of ketones is 1. The van der Waals surface area contributed by atoms with E-state index < -0.39 is 17.5 Å². The first-order valence-corrected chi connectivity index (χ1v) is 14.2. The molecule has 0 spiro atoms. The maximum Gasteiger partial charge on any atom is 0.329 e. The minimum atomic E-state index is -1.28. The van der Waals surface area contributed by atoms with Crippen molar-refractivity contribution >= 4 is 23.5 Å². The van der Waals surface area contributed by atoms with E-state index in [1.165, 1.54) is 4.90 Å². The summed E-state index contributed by atoms with van der Waals surface area (Å²) in [5.74, 6) is 0.171. The smallest absolute Gasteiger partial charge is 0.329 e. The quantitative estimate of drug-likeness (QED) is 0.194. The first-order valence-electron chi connectivity index (χ1n) is 14.2. The summed E-state index contributed by atoms with van der Waals surface area (Å²) in [7, 11) is 1.56. The van der Waals surface area contributed by atoms with Crippen LogP contribution in [0, 0.1) is 6.92 Å². The number of carbonyl (C=O) groups excluding carboxylic acids is 2. The average molecular weight is 582 g/mol. The molecule has 9 heteroatoms. The lowest BCUT2D eigenvalue weighted by Crippen LogP contribution is -2.61. The van der Waals surface area contributed by atoms with Crippen molar-refractivity contribution in [3.8, 4) is 11.5 Å². The zero-order chi connectivity index (χ0) is 30.4. The number of amides is 2. The minimum absolute atomic E-state index is 0.0524. The molecule has 0 radical (unpaired) electrons. The lowest BCUT2D eigenvalue weighted by Gasteiger charge is -2.46. The van der Waals surface area contributed by atoms with Crippen LogP contribution in [0.1, 0.15) is 46.4 Å². The number of rotatable bonds is 12.